The molecule has 1 aromatic carbocycles. The Morgan fingerprint density at radius 1 is 1.29 bits per heavy atom. The summed E-state index contributed by atoms with van der Waals surface area (Å²) in [7, 11) is 1.59. The highest BCUT2D eigenvalue weighted by atomic mass is 35.5. The standard InChI is InChI=1S/C15H23N3O2.ClH/c1-4-10-15(2,16)14(20)18(3)11-13(19)17-12-8-6-5-7-9-12;/h5-9H,4,10-11,16H2,1-3H3,(H,17,19);1H. The second-order valence-corrected chi connectivity index (χ2v) is 5.24. The van der Waals surface area contributed by atoms with Gasteiger partial charge in [-0.3, -0.25) is 9.59 Å². The molecule has 0 heterocycles. The number of nitrogens with one attached hydrogen (secondary N) is 1. The molecule has 0 aliphatic carbocycles. The van der Waals surface area contributed by atoms with Crippen molar-refractivity contribution in [3.8, 4) is 0 Å². The van der Waals surface area contributed by atoms with Gasteiger partial charge in [-0.1, -0.05) is 31.5 Å². The number of carbonyl (C=O) groups is 2. The number of likely N-dealkylation sites (N-methyl/N-ethyl adjacent to an activating group) is 1. The van der Waals surface area contributed by atoms with Gasteiger partial charge in [-0.15, -0.1) is 12.4 Å². The zero-order chi connectivity index (χ0) is 15.2. The maximum absolute atomic E-state index is 12.2. The van der Waals surface area contributed by atoms with Crippen molar-refractivity contribution in [3.63, 3.8) is 0 Å². The van der Waals surface area contributed by atoms with E-state index in [0.29, 0.717) is 12.1 Å². The second-order valence-electron chi connectivity index (χ2n) is 5.24. The van der Waals surface area contributed by atoms with Crippen LogP contribution >= 0.6 is 12.4 Å². The van der Waals surface area contributed by atoms with Crippen molar-refractivity contribution in [1.82, 2.24) is 4.90 Å². The summed E-state index contributed by atoms with van der Waals surface area (Å²) in [5, 5.41) is 2.74. The Labute approximate surface area is 132 Å². The molecule has 0 saturated heterocycles. The van der Waals surface area contributed by atoms with Gasteiger partial charge >= 0.3 is 0 Å². The van der Waals surface area contributed by atoms with Gasteiger partial charge in [0.2, 0.25) is 11.8 Å². The number of rotatable bonds is 6. The molecule has 0 radical (unpaired) electrons. The van der Waals surface area contributed by atoms with Crippen LogP contribution < -0.4 is 11.1 Å². The molecule has 118 valence electrons. The number of para-hydroxylation sites is 1. The lowest BCUT2D eigenvalue weighted by atomic mass is 9.96. The summed E-state index contributed by atoms with van der Waals surface area (Å²) < 4.78 is 0. The minimum atomic E-state index is -0.920. The SMILES string of the molecule is CCCC(C)(N)C(=O)N(C)CC(=O)Nc1ccccc1.Cl. The summed E-state index contributed by atoms with van der Waals surface area (Å²) in [5.41, 5.74) is 5.77. The molecule has 0 bridgehead atoms. The Balaban J connectivity index is 0.00000400. The summed E-state index contributed by atoms with van der Waals surface area (Å²) in [6, 6.07) is 9.13. The van der Waals surface area contributed by atoms with Crippen LogP contribution in [0, 0.1) is 0 Å². The minimum absolute atomic E-state index is 0. The predicted octanol–water partition coefficient (Wildman–Crippen LogP) is 2.02. The smallest absolute Gasteiger partial charge is 0.243 e. The second kappa shape index (κ2) is 8.64. The first-order valence-electron chi connectivity index (χ1n) is 6.76. The first-order chi connectivity index (χ1) is 9.36. The zero-order valence-electron chi connectivity index (χ0n) is 12.8. The van der Waals surface area contributed by atoms with Crippen LogP contribution in [-0.4, -0.2) is 35.8 Å². The molecular weight excluding hydrogens is 290 g/mol. The lowest BCUT2D eigenvalue weighted by Crippen LogP contribution is -2.53. The fourth-order valence-corrected chi connectivity index (χ4v) is 2.07. The number of hydrogen-bond acceptors (Lipinski definition) is 3. The van der Waals surface area contributed by atoms with E-state index in [9.17, 15) is 9.59 Å². The first kappa shape index (κ1) is 19.4. The number of nitrogens with two attached hydrogens (primary N) is 1. The van der Waals surface area contributed by atoms with Crippen LogP contribution in [-0.2, 0) is 9.59 Å². The van der Waals surface area contributed by atoms with E-state index in [0.717, 1.165) is 6.42 Å². The highest BCUT2D eigenvalue weighted by molar-refractivity contribution is 5.95. The van der Waals surface area contributed by atoms with Gasteiger partial charge in [0.05, 0.1) is 12.1 Å². The molecule has 0 spiro atoms. The first-order valence-corrected chi connectivity index (χ1v) is 6.76. The third-order valence-corrected chi connectivity index (χ3v) is 3.04. The van der Waals surface area contributed by atoms with Crippen molar-refractivity contribution in [2.45, 2.75) is 32.2 Å². The number of hydrogen-bond donors (Lipinski definition) is 2. The largest absolute Gasteiger partial charge is 0.335 e. The van der Waals surface area contributed by atoms with Crippen LogP contribution in [0.5, 0.6) is 0 Å². The average molecular weight is 314 g/mol. The Bertz CT molecular complexity index is 463. The summed E-state index contributed by atoms with van der Waals surface area (Å²) >= 11 is 0. The molecule has 1 aromatic rings. The Morgan fingerprint density at radius 2 is 1.86 bits per heavy atom. The van der Waals surface area contributed by atoms with Gasteiger partial charge in [0, 0.05) is 12.7 Å². The fourth-order valence-electron chi connectivity index (χ4n) is 2.07. The molecule has 2 amide bonds. The molecule has 1 unspecified atom stereocenters. The number of anilines is 1. The third-order valence-electron chi connectivity index (χ3n) is 3.04. The monoisotopic (exact) mass is 313 g/mol. The predicted molar refractivity (Wildman–Crippen MR) is 87.5 cm³/mol. The number of halogens is 1. The van der Waals surface area contributed by atoms with Crippen LogP contribution in [0.4, 0.5) is 5.69 Å². The number of nitrogens with zero attached hydrogens (tertiary/aromatic N) is 1. The highest BCUT2D eigenvalue weighted by Crippen LogP contribution is 2.12. The highest BCUT2D eigenvalue weighted by Gasteiger charge is 2.30. The molecule has 21 heavy (non-hydrogen) atoms. The van der Waals surface area contributed by atoms with Gasteiger partial charge < -0.3 is 16.0 Å². The van der Waals surface area contributed by atoms with E-state index in [4.69, 9.17) is 5.73 Å². The molecular formula is C15H24ClN3O2. The van der Waals surface area contributed by atoms with Crippen LogP contribution in [0.2, 0.25) is 0 Å². The molecule has 1 atom stereocenters. The molecule has 0 fully saturated rings. The Kier molecular flexibility index (Phi) is 7.99. The summed E-state index contributed by atoms with van der Waals surface area (Å²) in [6.45, 7) is 3.66. The Morgan fingerprint density at radius 3 is 2.38 bits per heavy atom. The molecule has 0 aromatic heterocycles. The van der Waals surface area contributed by atoms with E-state index >= 15 is 0 Å². The Hall–Kier alpha value is -1.59. The molecule has 0 aliphatic heterocycles. The van der Waals surface area contributed by atoms with Crippen LogP contribution in [0.3, 0.4) is 0 Å². The van der Waals surface area contributed by atoms with Crippen LogP contribution in [0.1, 0.15) is 26.7 Å². The topological polar surface area (TPSA) is 75.4 Å². The minimum Gasteiger partial charge on any atom is -0.335 e. The fraction of sp³-hybridized carbons (Fsp3) is 0.467. The molecule has 0 aliphatic rings. The van der Waals surface area contributed by atoms with E-state index in [1.807, 2.05) is 25.1 Å². The van der Waals surface area contributed by atoms with Crippen molar-refractivity contribution in [3.05, 3.63) is 30.3 Å². The normalized spacial score (nSPS) is 12.8. The average Bonchev–Trinajstić information content (AvgIpc) is 2.38. The third kappa shape index (κ3) is 6.14. The van der Waals surface area contributed by atoms with E-state index in [1.54, 1.807) is 26.1 Å². The lowest BCUT2D eigenvalue weighted by Gasteiger charge is -2.28. The molecule has 1 rings (SSSR count). The van der Waals surface area contributed by atoms with Gasteiger partial charge in [-0.2, -0.15) is 0 Å². The maximum atomic E-state index is 12.2. The van der Waals surface area contributed by atoms with Gasteiger partial charge in [0.25, 0.3) is 0 Å². The van der Waals surface area contributed by atoms with E-state index in [-0.39, 0.29) is 30.8 Å². The van der Waals surface area contributed by atoms with Gasteiger partial charge in [0.15, 0.2) is 0 Å². The van der Waals surface area contributed by atoms with Crippen molar-refractivity contribution >= 4 is 29.9 Å². The molecule has 3 N–H and O–H groups in total. The number of benzene rings is 1. The van der Waals surface area contributed by atoms with Crippen molar-refractivity contribution < 1.29 is 9.59 Å². The molecule has 5 nitrogen and oxygen atoms in total. The summed E-state index contributed by atoms with van der Waals surface area (Å²) in [4.78, 5) is 25.4. The van der Waals surface area contributed by atoms with E-state index in [2.05, 4.69) is 5.32 Å². The summed E-state index contributed by atoms with van der Waals surface area (Å²) in [6.07, 6.45) is 1.42. The van der Waals surface area contributed by atoms with Crippen molar-refractivity contribution in [2.24, 2.45) is 5.73 Å². The van der Waals surface area contributed by atoms with Crippen LogP contribution in [0.15, 0.2) is 30.3 Å². The molecule has 6 heteroatoms. The number of carbonyl (C=O) groups excluding carboxylic acids is 2. The van der Waals surface area contributed by atoms with E-state index < -0.39 is 5.54 Å². The van der Waals surface area contributed by atoms with Crippen molar-refractivity contribution in [2.75, 3.05) is 18.9 Å². The van der Waals surface area contributed by atoms with Gasteiger partial charge in [0.1, 0.15) is 0 Å². The van der Waals surface area contributed by atoms with Crippen molar-refractivity contribution in [1.29, 1.82) is 0 Å². The van der Waals surface area contributed by atoms with E-state index in [1.165, 1.54) is 4.90 Å². The summed E-state index contributed by atoms with van der Waals surface area (Å²) in [5.74, 6) is -0.457. The number of amides is 2. The van der Waals surface area contributed by atoms with Gasteiger partial charge in [-0.05, 0) is 25.5 Å². The molecule has 0 saturated carbocycles. The quantitative estimate of drug-likeness (QED) is 0.843. The van der Waals surface area contributed by atoms with Crippen LogP contribution in [0.25, 0.3) is 0 Å². The zero-order valence-corrected chi connectivity index (χ0v) is 13.6. The van der Waals surface area contributed by atoms with Gasteiger partial charge in [-0.25, -0.2) is 0 Å². The lowest BCUT2D eigenvalue weighted by molar-refractivity contribution is -0.137. The maximum Gasteiger partial charge on any atom is 0.243 e.